The molecule has 0 aliphatic heterocycles. The van der Waals surface area contributed by atoms with E-state index in [0.717, 1.165) is 19.3 Å². The Kier molecular flexibility index (Phi) is 12.4. The van der Waals surface area contributed by atoms with Crippen LogP contribution in [0.15, 0.2) is 12.7 Å². The molecule has 0 aliphatic rings. The normalized spacial score (nSPS) is 8.00. The Morgan fingerprint density at radius 2 is 2.10 bits per heavy atom. The Hall–Kier alpha value is 0.470. The molecular weight excluding hydrogens is 156 g/mol. The number of unbranched alkanes of at least 4 members (excludes halogenated alkanes) is 2. The molecule has 0 amide bonds. The number of rotatable bonds is 5. The van der Waals surface area contributed by atoms with Crippen molar-refractivity contribution in [1.82, 2.24) is 0 Å². The molecule has 0 bridgehead atoms. The predicted octanol–water partition coefficient (Wildman–Crippen LogP) is 0.901. The van der Waals surface area contributed by atoms with Gasteiger partial charge in [-0.25, -0.2) is 0 Å². The number of allylic oxidation sites excluding steroid dienone is 1. The van der Waals surface area contributed by atoms with E-state index in [1.54, 1.807) is 0 Å². The van der Waals surface area contributed by atoms with Crippen molar-refractivity contribution in [2.24, 2.45) is 0 Å². The van der Waals surface area contributed by atoms with Crippen molar-refractivity contribution in [2.75, 3.05) is 0 Å². The van der Waals surface area contributed by atoms with Crippen molar-refractivity contribution in [2.45, 2.75) is 25.7 Å². The zero-order chi connectivity index (χ0) is 7.11. The van der Waals surface area contributed by atoms with Gasteiger partial charge in [-0.05, 0) is 19.3 Å². The van der Waals surface area contributed by atoms with Crippen LogP contribution in [-0.2, 0) is 4.79 Å². The summed E-state index contributed by atoms with van der Waals surface area (Å²) < 4.78 is 0. The van der Waals surface area contributed by atoms with E-state index in [-0.39, 0.29) is 44.2 Å². The summed E-state index contributed by atoms with van der Waals surface area (Å²) in [5.41, 5.74) is 0. The molecule has 0 aromatic rings. The first kappa shape index (κ1) is 13.1. The van der Waals surface area contributed by atoms with Gasteiger partial charge in [0.25, 0.3) is 0 Å². The van der Waals surface area contributed by atoms with Gasteiger partial charge >= 0.3 is 43.7 Å². The average molecular weight is 170 g/mol. The van der Waals surface area contributed by atoms with E-state index in [1.165, 1.54) is 0 Å². The Labute approximate surface area is 91.3 Å². The molecule has 56 valence electrons. The summed E-state index contributed by atoms with van der Waals surface area (Å²) in [5, 5.41) is 8.19. The maximum atomic E-state index is 9.94. The van der Waals surface area contributed by atoms with Crippen molar-refractivity contribution in [3.8, 4) is 0 Å². The molecule has 3 heteroatoms. The third-order valence-electron chi connectivity index (χ3n) is 1.05. The van der Waals surface area contributed by atoms with Gasteiger partial charge in [-0.15, -0.1) is 6.58 Å². The van der Waals surface area contributed by atoms with Gasteiger partial charge in [-0.2, -0.15) is 0 Å². The second-order valence-corrected chi connectivity index (χ2v) is 1.93. The molecule has 0 aromatic heterocycles. The van der Waals surface area contributed by atoms with Crippen LogP contribution in [0.5, 0.6) is 0 Å². The Bertz CT molecular complexity index is 102. The van der Waals surface area contributed by atoms with Gasteiger partial charge in [-0.3, -0.25) is 4.79 Å². The average Bonchev–Trinajstić information content (AvgIpc) is 1.80. The fourth-order valence-electron chi connectivity index (χ4n) is 0.565. The maximum absolute atomic E-state index is 9.94. The van der Waals surface area contributed by atoms with E-state index in [2.05, 4.69) is 6.58 Å². The molecule has 0 atom stereocenters. The van der Waals surface area contributed by atoms with Crippen molar-refractivity contribution in [3.05, 3.63) is 12.7 Å². The number of carboxylic acid groups (broad SMARTS) is 1. The summed E-state index contributed by atoms with van der Waals surface area (Å²) >= 11 is 0. The minimum atomic E-state index is -0.709. The van der Waals surface area contributed by atoms with E-state index in [9.17, 15) is 4.79 Å². The van der Waals surface area contributed by atoms with E-state index >= 15 is 0 Å². The molecule has 10 heavy (non-hydrogen) atoms. The summed E-state index contributed by atoms with van der Waals surface area (Å²) in [5.74, 6) is -0.709. The third kappa shape index (κ3) is 11.3. The fourth-order valence-corrected chi connectivity index (χ4v) is 0.565. The molecule has 0 heterocycles. The van der Waals surface area contributed by atoms with E-state index in [1.807, 2.05) is 6.08 Å². The number of hydrogen-bond donors (Lipinski definition) is 1. The van der Waals surface area contributed by atoms with Crippen molar-refractivity contribution in [1.29, 1.82) is 0 Å². The van der Waals surface area contributed by atoms with E-state index in [0.29, 0.717) is 0 Å². The Morgan fingerprint density at radius 3 is 2.50 bits per heavy atom. The Balaban J connectivity index is 0. The van der Waals surface area contributed by atoms with Gasteiger partial charge < -0.3 is 5.11 Å². The summed E-state index contributed by atoms with van der Waals surface area (Å²) in [6, 6.07) is 0. The zero-order valence-electron chi connectivity index (χ0n) is 5.47. The molecule has 1 N–H and O–H groups in total. The van der Waals surface area contributed by atoms with Crippen LogP contribution in [0, 0.1) is 0 Å². The van der Waals surface area contributed by atoms with Crippen molar-refractivity contribution in [3.63, 3.8) is 0 Å². The second-order valence-electron chi connectivity index (χ2n) is 1.93. The zero-order valence-corrected chi connectivity index (χ0v) is 5.47. The molecule has 0 saturated carbocycles. The van der Waals surface area contributed by atoms with E-state index in [4.69, 9.17) is 5.11 Å². The third-order valence-corrected chi connectivity index (χ3v) is 1.05. The first-order chi connectivity index (χ1) is 4.27. The molecule has 0 aromatic carbocycles. The van der Waals surface area contributed by atoms with Crippen LogP contribution in [0.4, 0.5) is 0 Å². The predicted molar refractivity (Wildman–Crippen MR) is 44.8 cm³/mol. The number of hydrogen-bond acceptors (Lipinski definition) is 1. The Morgan fingerprint density at radius 1 is 1.50 bits per heavy atom. The first-order valence-corrected chi connectivity index (χ1v) is 3.10. The van der Waals surface area contributed by atoms with Crippen LogP contribution in [-0.4, -0.2) is 48.8 Å². The quantitative estimate of drug-likeness (QED) is 0.378. The van der Waals surface area contributed by atoms with Gasteiger partial charge in [-0.1, -0.05) is 6.08 Å². The minimum absolute atomic E-state index is 0. The topological polar surface area (TPSA) is 37.3 Å². The number of carbonyl (C=O) groups is 1. The standard InChI is InChI=1S/C7H12O2.Ca.2H/c1-2-3-4-5-6-7(8)9;;;/h2H,1,3-6H2,(H,8,9);;;. The summed E-state index contributed by atoms with van der Waals surface area (Å²) in [6.45, 7) is 3.53. The van der Waals surface area contributed by atoms with Crippen molar-refractivity contribution >= 4 is 43.7 Å². The summed E-state index contributed by atoms with van der Waals surface area (Å²) in [6.07, 6.45) is 4.72. The SMILES string of the molecule is C=CCCCCC(=O)O.[CaH2]. The molecule has 0 aliphatic carbocycles. The van der Waals surface area contributed by atoms with Crippen LogP contribution in [0.25, 0.3) is 0 Å². The molecular formula is C7H14CaO2. The number of aliphatic carboxylic acids is 1. The van der Waals surface area contributed by atoms with Gasteiger partial charge in [0, 0.05) is 6.42 Å². The fraction of sp³-hybridized carbons (Fsp3) is 0.571. The molecule has 0 unspecified atom stereocenters. The monoisotopic (exact) mass is 170 g/mol. The molecule has 0 saturated heterocycles. The van der Waals surface area contributed by atoms with Gasteiger partial charge in [0.05, 0.1) is 0 Å². The molecule has 0 rings (SSSR count). The first-order valence-electron chi connectivity index (χ1n) is 3.10. The van der Waals surface area contributed by atoms with E-state index < -0.39 is 5.97 Å². The molecule has 0 radical (unpaired) electrons. The van der Waals surface area contributed by atoms with Gasteiger partial charge in [0.2, 0.25) is 0 Å². The molecule has 0 fully saturated rings. The van der Waals surface area contributed by atoms with Crippen LogP contribution < -0.4 is 0 Å². The number of carboxylic acids is 1. The molecule has 0 spiro atoms. The summed E-state index contributed by atoms with van der Waals surface area (Å²) in [4.78, 5) is 9.94. The van der Waals surface area contributed by atoms with Crippen LogP contribution >= 0.6 is 0 Å². The van der Waals surface area contributed by atoms with Gasteiger partial charge in [0.15, 0.2) is 0 Å². The van der Waals surface area contributed by atoms with Crippen LogP contribution in [0.2, 0.25) is 0 Å². The second kappa shape index (κ2) is 9.47. The van der Waals surface area contributed by atoms with Crippen molar-refractivity contribution < 1.29 is 9.90 Å². The van der Waals surface area contributed by atoms with Crippen LogP contribution in [0.1, 0.15) is 25.7 Å². The van der Waals surface area contributed by atoms with Gasteiger partial charge in [0.1, 0.15) is 0 Å². The molecule has 2 nitrogen and oxygen atoms in total. The van der Waals surface area contributed by atoms with Crippen LogP contribution in [0.3, 0.4) is 0 Å². The summed E-state index contributed by atoms with van der Waals surface area (Å²) in [7, 11) is 0.